The molecule has 2 aromatic rings. The molecule has 0 aliphatic heterocycles. The maximum absolute atomic E-state index is 12.5. The van der Waals surface area contributed by atoms with Crippen molar-refractivity contribution in [3.8, 4) is 23.3 Å². The molecule has 0 saturated heterocycles. The molecular weight excluding hydrogens is 428 g/mol. The van der Waals surface area contributed by atoms with Crippen LogP contribution in [0.5, 0.6) is 17.2 Å². The van der Waals surface area contributed by atoms with Crippen LogP contribution in [-0.2, 0) is 4.79 Å². The van der Waals surface area contributed by atoms with E-state index in [1.165, 1.54) is 63.1 Å². The highest BCUT2D eigenvalue weighted by molar-refractivity contribution is 6.32. The van der Waals surface area contributed by atoms with Crippen molar-refractivity contribution in [2.24, 2.45) is 0 Å². The van der Waals surface area contributed by atoms with Crippen molar-refractivity contribution in [2.75, 3.05) is 19.0 Å². The second-order valence-electron chi connectivity index (χ2n) is 7.32. The van der Waals surface area contributed by atoms with Crippen LogP contribution in [0.15, 0.2) is 42.0 Å². The van der Waals surface area contributed by atoms with Crippen molar-refractivity contribution >= 4 is 29.3 Å². The van der Waals surface area contributed by atoms with Gasteiger partial charge in [-0.25, -0.2) is 0 Å². The van der Waals surface area contributed by atoms with Crippen LogP contribution < -0.4 is 14.8 Å². The first kappa shape index (κ1) is 25.1. The van der Waals surface area contributed by atoms with Crippen LogP contribution in [0.25, 0.3) is 6.08 Å². The molecule has 7 heteroatoms. The van der Waals surface area contributed by atoms with E-state index in [-0.39, 0.29) is 11.3 Å². The van der Waals surface area contributed by atoms with Crippen molar-refractivity contribution in [1.82, 2.24) is 0 Å². The first-order chi connectivity index (χ1) is 15.5. The van der Waals surface area contributed by atoms with Gasteiger partial charge in [-0.15, -0.1) is 0 Å². The average Bonchev–Trinajstić information content (AvgIpc) is 2.79. The zero-order chi connectivity index (χ0) is 23.3. The van der Waals surface area contributed by atoms with E-state index < -0.39 is 5.91 Å². The number of benzene rings is 2. The SMILES string of the molecule is CCCCCCCCOc1c(Cl)cc(/C=C(\C#N)C(=O)Nc2ccc(O)cc2)cc1OC. The predicted octanol–water partition coefficient (Wildman–Crippen LogP) is 6.34. The van der Waals surface area contributed by atoms with Crippen LogP contribution in [0.3, 0.4) is 0 Å². The zero-order valence-electron chi connectivity index (χ0n) is 18.5. The number of unbranched alkanes of at least 4 members (excludes halogenated alkanes) is 5. The van der Waals surface area contributed by atoms with E-state index in [1.54, 1.807) is 12.1 Å². The van der Waals surface area contributed by atoms with Crippen LogP contribution in [-0.4, -0.2) is 24.7 Å². The third kappa shape index (κ3) is 7.82. The fourth-order valence-corrected chi connectivity index (χ4v) is 3.35. The van der Waals surface area contributed by atoms with Gasteiger partial charge < -0.3 is 19.9 Å². The summed E-state index contributed by atoms with van der Waals surface area (Å²) in [6, 6.07) is 11.2. The largest absolute Gasteiger partial charge is 0.508 e. The molecule has 6 nitrogen and oxygen atoms in total. The second kappa shape index (κ2) is 13.3. The molecule has 0 saturated carbocycles. The molecule has 0 radical (unpaired) electrons. The molecule has 2 rings (SSSR count). The quantitative estimate of drug-likeness (QED) is 0.168. The number of halogens is 1. The Hall–Kier alpha value is -3.17. The lowest BCUT2D eigenvalue weighted by molar-refractivity contribution is -0.112. The number of amides is 1. The summed E-state index contributed by atoms with van der Waals surface area (Å²) in [6.07, 6.45) is 8.37. The van der Waals surface area contributed by atoms with Gasteiger partial charge >= 0.3 is 0 Å². The number of aromatic hydroxyl groups is 1. The lowest BCUT2D eigenvalue weighted by atomic mass is 10.1. The Bertz CT molecular complexity index is 965. The van der Waals surface area contributed by atoms with E-state index >= 15 is 0 Å². The van der Waals surface area contributed by atoms with Crippen molar-refractivity contribution < 1.29 is 19.4 Å². The summed E-state index contributed by atoms with van der Waals surface area (Å²) in [4.78, 5) is 12.5. The molecule has 0 bridgehead atoms. The first-order valence-corrected chi connectivity index (χ1v) is 11.1. The van der Waals surface area contributed by atoms with Gasteiger partial charge in [0.15, 0.2) is 11.5 Å². The average molecular weight is 457 g/mol. The number of phenolic OH excluding ortho intramolecular Hbond substituents is 1. The van der Waals surface area contributed by atoms with Crippen LogP contribution in [0, 0.1) is 11.3 Å². The number of nitrogens with one attached hydrogen (secondary N) is 1. The summed E-state index contributed by atoms with van der Waals surface area (Å²) in [7, 11) is 1.51. The first-order valence-electron chi connectivity index (χ1n) is 10.7. The minimum Gasteiger partial charge on any atom is -0.508 e. The summed E-state index contributed by atoms with van der Waals surface area (Å²) in [5, 5.41) is 21.7. The van der Waals surface area contributed by atoms with Gasteiger partial charge in [-0.2, -0.15) is 5.26 Å². The van der Waals surface area contributed by atoms with Gasteiger partial charge in [-0.05, 0) is 54.5 Å². The Kier molecular flexibility index (Phi) is 10.4. The molecule has 0 fully saturated rings. The van der Waals surface area contributed by atoms with Gasteiger partial charge in [0.1, 0.15) is 17.4 Å². The molecule has 0 spiro atoms. The lowest BCUT2D eigenvalue weighted by Gasteiger charge is -2.13. The number of nitrogens with zero attached hydrogens (tertiary/aromatic N) is 1. The van der Waals surface area contributed by atoms with E-state index in [4.69, 9.17) is 21.1 Å². The highest BCUT2D eigenvalue weighted by Crippen LogP contribution is 2.37. The molecule has 32 heavy (non-hydrogen) atoms. The number of carbonyl (C=O) groups is 1. The number of rotatable bonds is 12. The van der Waals surface area contributed by atoms with Gasteiger partial charge in [0.2, 0.25) is 0 Å². The smallest absolute Gasteiger partial charge is 0.266 e. The van der Waals surface area contributed by atoms with Crippen molar-refractivity contribution in [1.29, 1.82) is 5.26 Å². The van der Waals surface area contributed by atoms with Gasteiger partial charge in [-0.1, -0.05) is 50.6 Å². The van der Waals surface area contributed by atoms with E-state index in [9.17, 15) is 15.2 Å². The fraction of sp³-hybridized carbons (Fsp3) is 0.360. The molecular formula is C25H29ClN2O4. The Labute approximate surface area is 194 Å². The highest BCUT2D eigenvalue weighted by Gasteiger charge is 2.14. The maximum Gasteiger partial charge on any atom is 0.266 e. The predicted molar refractivity (Wildman–Crippen MR) is 127 cm³/mol. The normalized spacial score (nSPS) is 11.0. The number of hydrogen-bond acceptors (Lipinski definition) is 5. The second-order valence-corrected chi connectivity index (χ2v) is 7.73. The van der Waals surface area contributed by atoms with Crippen molar-refractivity contribution in [3.63, 3.8) is 0 Å². The van der Waals surface area contributed by atoms with Crippen LogP contribution in [0.2, 0.25) is 5.02 Å². The number of nitriles is 1. The van der Waals surface area contributed by atoms with E-state index in [0.717, 1.165) is 12.8 Å². The minimum absolute atomic E-state index is 0.0830. The molecule has 0 heterocycles. The molecule has 0 aromatic heterocycles. The third-order valence-electron chi connectivity index (χ3n) is 4.80. The monoisotopic (exact) mass is 456 g/mol. The Morgan fingerprint density at radius 3 is 2.50 bits per heavy atom. The molecule has 2 N–H and O–H groups in total. The molecule has 1 amide bonds. The summed E-state index contributed by atoms with van der Waals surface area (Å²) in [5.41, 5.74) is 0.899. The van der Waals surface area contributed by atoms with E-state index in [1.807, 2.05) is 6.07 Å². The van der Waals surface area contributed by atoms with E-state index in [2.05, 4.69) is 12.2 Å². The van der Waals surface area contributed by atoms with E-state index in [0.29, 0.717) is 34.4 Å². The minimum atomic E-state index is -0.573. The van der Waals surface area contributed by atoms with Crippen LogP contribution >= 0.6 is 11.6 Å². The highest BCUT2D eigenvalue weighted by atomic mass is 35.5. The van der Waals surface area contributed by atoms with Gasteiger partial charge in [0.25, 0.3) is 5.91 Å². The summed E-state index contributed by atoms with van der Waals surface area (Å²) < 4.78 is 11.3. The maximum atomic E-state index is 12.5. The Morgan fingerprint density at radius 1 is 1.16 bits per heavy atom. The molecule has 0 aliphatic rings. The molecule has 2 aromatic carbocycles. The van der Waals surface area contributed by atoms with Gasteiger partial charge in [-0.3, -0.25) is 4.79 Å². The molecule has 170 valence electrons. The van der Waals surface area contributed by atoms with Crippen LogP contribution in [0.1, 0.15) is 51.0 Å². The molecule has 0 aliphatic carbocycles. The van der Waals surface area contributed by atoms with Crippen molar-refractivity contribution in [2.45, 2.75) is 45.4 Å². The molecule has 0 unspecified atom stereocenters. The summed E-state index contributed by atoms with van der Waals surface area (Å²) in [5.74, 6) is 0.397. The van der Waals surface area contributed by atoms with Gasteiger partial charge in [0.05, 0.1) is 18.7 Å². The van der Waals surface area contributed by atoms with Crippen LogP contribution in [0.4, 0.5) is 5.69 Å². The zero-order valence-corrected chi connectivity index (χ0v) is 19.2. The van der Waals surface area contributed by atoms with Crippen molar-refractivity contribution in [3.05, 3.63) is 52.6 Å². The van der Waals surface area contributed by atoms with Gasteiger partial charge in [0, 0.05) is 5.69 Å². The standard InChI is InChI=1S/C25H29ClN2O4/c1-3-4-5-6-7-8-13-32-24-22(26)15-18(16-23(24)31-2)14-19(17-27)25(30)28-20-9-11-21(29)12-10-20/h9-12,14-16,29H,3-8,13H2,1-2H3,(H,28,30)/b19-14+. The number of carbonyl (C=O) groups excluding carboxylic acids is 1. The summed E-state index contributed by atoms with van der Waals surface area (Å²) >= 11 is 6.40. The molecule has 0 atom stereocenters. The fourth-order valence-electron chi connectivity index (χ4n) is 3.08. The summed E-state index contributed by atoms with van der Waals surface area (Å²) in [6.45, 7) is 2.73. The number of ether oxygens (including phenoxy) is 2. The lowest BCUT2D eigenvalue weighted by Crippen LogP contribution is -2.13. The number of phenols is 1. The third-order valence-corrected chi connectivity index (χ3v) is 5.08. The Balaban J connectivity index is 2.07. The Morgan fingerprint density at radius 2 is 1.84 bits per heavy atom. The number of methoxy groups -OCH3 is 1. The topological polar surface area (TPSA) is 91.6 Å². The number of hydrogen-bond donors (Lipinski definition) is 2. The number of anilines is 1.